The topological polar surface area (TPSA) is 78.4 Å². The Morgan fingerprint density at radius 3 is 2.12 bits per heavy atom. The van der Waals surface area contributed by atoms with Crippen LogP contribution in [0, 0.1) is 0 Å². The zero-order valence-corrected chi connectivity index (χ0v) is 19.7. The van der Waals surface area contributed by atoms with Crippen LogP contribution in [0.15, 0.2) is 66.7 Å². The lowest BCUT2D eigenvalue weighted by atomic mass is 9.92. The Morgan fingerprint density at radius 2 is 1.48 bits per heavy atom. The van der Waals surface area contributed by atoms with Crippen molar-refractivity contribution in [3.63, 3.8) is 0 Å². The highest BCUT2D eigenvalue weighted by atomic mass is 16.4. The van der Waals surface area contributed by atoms with Crippen LogP contribution >= 0.6 is 0 Å². The number of carbonyl (C=O) groups excluding carboxylic acids is 1. The molecule has 5 nitrogen and oxygen atoms in total. The minimum absolute atomic E-state index is 0.104. The SMILES string of the molecule is CC(C)c1cccc(C(C)C)c1NC(=O)CNc1ccccc1Cc1cccc(C(=O)O)c1. The van der Waals surface area contributed by atoms with Crippen molar-refractivity contribution in [2.75, 3.05) is 17.2 Å². The molecule has 0 heterocycles. The number of rotatable bonds is 9. The minimum Gasteiger partial charge on any atom is -0.478 e. The molecule has 5 heteroatoms. The van der Waals surface area contributed by atoms with Crippen molar-refractivity contribution in [3.05, 3.63) is 94.5 Å². The largest absolute Gasteiger partial charge is 0.478 e. The first-order valence-electron chi connectivity index (χ1n) is 11.3. The van der Waals surface area contributed by atoms with Gasteiger partial charge in [0.15, 0.2) is 0 Å². The maximum Gasteiger partial charge on any atom is 0.335 e. The van der Waals surface area contributed by atoms with Crippen molar-refractivity contribution in [1.82, 2.24) is 0 Å². The summed E-state index contributed by atoms with van der Waals surface area (Å²) in [7, 11) is 0. The van der Waals surface area contributed by atoms with Crippen LogP contribution in [0.1, 0.15) is 72.1 Å². The van der Waals surface area contributed by atoms with Gasteiger partial charge in [0, 0.05) is 11.4 Å². The Bertz CT molecular complexity index is 1110. The molecule has 0 aliphatic rings. The summed E-state index contributed by atoms with van der Waals surface area (Å²) >= 11 is 0. The molecule has 0 bridgehead atoms. The number of aromatic carboxylic acids is 1. The van der Waals surface area contributed by atoms with Crippen molar-refractivity contribution in [2.24, 2.45) is 0 Å². The summed E-state index contributed by atoms with van der Waals surface area (Å²) in [6.45, 7) is 8.65. The van der Waals surface area contributed by atoms with Crippen molar-refractivity contribution < 1.29 is 14.7 Å². The van der Waals surface area contributed by atoms with E-state index in [0.717, 1.165) is 33.6 Å². The number of carboxylic acid groups (broad SMARTS) is 1. The fourth-order valence-corrected chi connectivity index (χ4v) is 3.94. The monoisotopic (exact) mass is 444 g/mol. The van der Waals surface area contributed by atoms with E-state index in [0.29, 0.717) is 18.3 Å². The van der Waals surface area contributed by atoms with Crippen LogP contribution in [0.4, 0.5) is 11.4 Å². The molecule has 0 saturated heterocycles. The second kappa shape index (κ2) is 10.8. The normalized spacial score (nSPS) is 11.0. The van der Waals surface area contributed by atoms with Crippen LogP contribution in [0.25, 0.3) is 0 Å². The van der Waals surface area contributed by atoms with E-state index < -0.39 is 5.97 Å². The molecule has 0 spiro atoms. The van der Waals surface area contributed by atoms with E-state index in [1.807, 2.05) is 36.4 Å². The molecule has 0 saturated carbocycles. The van der Waals surface area contributed by atoms with E-state index in [1.165, 1.54) is 0 Å². The maximum absolute atomic E-state index is 12.9. The standard InChI is InChI=1S/C28H32N2O3/c1-18(2)23-12-8-13-24(19(3)4)27(23)30-26(31)17-29-25-14-6-5-10-21(25)15-20-9-7-11-22(16-20)28(32)33/h5-14,16,18-19,29H,15,17H2,1-4H3,(H,30,31)(H,32,33). The molecule has 172 valence electrons. The zero-order valence-electron chi connectivity index (χ0n) is 19.7. The summed E-state index contributed by atoms with van der Waals surface area (Å²) in [5.41, 5.74) is 6.20. The Kier molecular flexibility index (Phi) is 7.88. The van der Waals surface area contributed by atoms with Gasteiger partial charge in [-0.15, -0.1) is 0 Å². The predicted octanol–water partition coefficient (Wildman–Crippen LogP) is 6.27. The van der Waals surface area contributed by atoms with Crippen LogP contribution in [-0.4, -0.2) is 23.5 Å². The quantitative estimate of drug-likeness (QED) is 0.363. The number of hydrogen-bond acceptors (Lipinski definition) is 3. The minimum atomic E-state index is -0.942. The molecule has 0 aliphatic heterocycles. The number of para-hydroxylation sites is 2. The first-order valence-corrected chi connectivity index (χ1v) is 11.3. The van der Waals surface area contributed by atoms with Gasteiger partial charge in [0.2, 0.25) is 5.91 Å². The molecule has 3 aromatic carbocycles. The smallest absolute Gasteiger partial charge is 0.335 e. The summed E-state index contributed by atoms with van der Waals surface area (Å²) in [4.78, 5) is 24.2. The third-order valence-corrected chi connectivity index (χ3v) is 5.66. The molecule has 0 atom stereocenters. The van der Waals surface area contributed by atoms with E-state index >= 15 is 0 Å². The number of benzene rings is 3. The van der Waals surface area contributed by atoms with Gasteiger partial charge in [-0.2, -0.15) is 0 Å². The number of carbonyl (C=O) groups is 2. The van der Waals surface area contributed by atoms with Crippen LogP contribution in [0.2, 0.25) is 0 Å². The number of hydrogen-bond donors (Lipinski definition) is 3. The predicted molar refractivity (Wildman–Crippen MR) is 134 cm³/mol. The molecule has 0 unspecified atom stereocenters. The Morgan fingerprint density at radius 1 is 0.848 bits per heavy atom. The molecule has 33 heavy (non-hydrogen) atoms. The van der Waals surface area contributed by atoms with Gasteiger partial charge in [0.1, 0.15) is 0 Å². The van der Waals surface area contributed by atoms with E-state index in [9.17, 15) is 14.7 Å². The van der Waals surface area contributed by atoms with Gasteiger partial charge in [-0.3, -0.25) is 4.79 Å². The third-order valence-electron chi connectivity index (χ3n) is 5.66. The van der Waals surface area contributed by atoms with Gasteiger partial charge in [-0.05, 0) is 58.7 Å². The van der Waals surface area contributed by atoms with E-state index in [1.54, 1.807) is 18.2 Å². The van der Waals surface area contributed by atoms with Crippen LogP contribution in [0.5, 0.6) is 0 Å². The van der Waals surface area contributed by atoms with Gasteiger partial charge in [0.05, 0.1) is 12.1 Å². The van der Waals surface area contributed by atoms with Crippen molar-refractivity contribution in [2.45, 2.75) is 46.0 Å². The fourth-order valence-electron chi connectivity index (χ4n) is 3.94. The Balaban J connectivity index is 1.74. The second-order valence-electron chi connectivity index (χ2n) is 8.86. The average Bonchev–Trinajstić information content (AvgIpc) is 2.78. The summed E-state index contributed by atoms with van der Waals surface area (Å²) < 4.78 is 0. The Hall–Kier alpha value is -3.60. The number of anilines is 2. The van der Waals surface area contributed by atoms with Crippen molar-refractivity contribution >= 4 is 23.3 Å². The van der Waals surface area contributed by atoms with Gasteiger partial charge in [0.25, 0.3) is 0 Å². The van der Waals surface area contributed by atoms with Gasteiger partial charge >= 0.3 is 5.97 Å². The van der Waals surface area contributed by atoms with Gasteiger partial charge in [-0.25, -0.2) is 4.79 Å². The lowest BCUT2D eigenvalue weighted by Gasteiger charge is -2.20. The van der Waals surface area contributed by atoms with Crippen LogP contribution in [0.3, 0.4) is 0 Å². The van der Waals surface area contributed by atoms with Crippen molar-refractivity contribution in [3.8, 4) is 0 Å². The molecular weight excluding hydrogens is 412 g/mol. The molecule has 0 aromatic heterocycles. The van der Waals surface area contributed by atoms with E-state index in [2.05, 4.69) is 50.5 Å². The summed E-state index contributed by atoms with van der Waals surface area (Å²) in [6, 6.07) is 20.9. The van der Waals surface area contributed by atoms with E-state index in [4.69, 9.17) is 0 Å². The summed E-state index contributed by atoms with van der Waals surface area (Å²) in [5, 5.41) is 15.6. The zero-order chi connectivity index (χ0) is 24.0. The van der Waals surface area contributed by atoms with Gasteiger partial charge in [-0.1, -0.05) is 76.2 Å². The number of nitrogens with one attached hydrogen (secondary N) is 2. The van der Waals surface area contributed by atoms with Gasteiger partial charge < -0.3 is 15.7 Å². The number of carboxylic acids is 1. The highest BCUT2D eigenvalue weighted by Gasteiger charge is 2.16. The molecule has 3 rings (SSSR count). The lowest BCUT2D eigenvalue weighted by molar-refractivity contribution is -0.114. The third kappa shape index (κ3) is 6.22. The molecule has 0 fully saturated rings. The van der Waals surface area contributed by atoms with Crippen LogP contribution < -0.4 is 10.6 Å². The summed E-state index contributed by atoms with van der Waals surface area (Å²) in [5.74, 6) is -0.446. The lowest BCUT2D eigenvalue weighted by Crippen LogP contribution is -2.24. The summed E-state index contributed by atoms with van der Waals surface area (Å²) in [6.07, 6.45) is 0.569. The molecule has 0 aliphatic carbocycles. The Labute approximate surface area is 195 Å². The maximum atomic E-state index is 12.9. The molecule has 3 aromatic rings. The first kappa shape index (κ1) is 24.1. The molecule has 3 N–H and O–H groups in total. The highest BCUT2D eigenvalue weighted by molar-refractivity contribution is 5.95. The average molecular weight is 445 g/mol. The molecular formula is C28H32N2O3. The number of amides is 1. The highest BCUT2D eigenvalue weighted by Crippen LogP contribution is 2.32. The first-order chi connectivity index (χ1) is 15.8. The van der Waals surface area contributed by atoms with Crippen LogP contribution in [-0.2, 0) is 11.2 Å². The molecule has 0 radical (unpaired) electrons. The van der Waals surface area contributed by atoms with Crippen molar-refractivity contribution in [1.29, 1.82) is 0 Å². The second-order valence-corrected chi connectivity index (χ2v) is 8.86. The fraction of sp³-hybridized carbons (Fsp3) is 0.286. The molecule has 1 amide bonds. The van der Waals surface area contributed by atoms with E-state index in [-0.39, 0.29) is 18.0 Å².